The Hall–Kier alpha value is -0.155. The molecule has 0 aromatic rings. The minimum atomic E-state index is 0.847. The summed E-state index contributed by atoms with van der Waals surface area (Å²) in [5.74, 6) is 2.43. The van der Waals surface area contributed by atoms with Crippen molar-refractivity contribution in [2.24, 2.45) is 0 Å². The van der Waals surface area contributed by atoms with E-state index in [0.717, 1.165) is 6.42 Å². The standard InChI is InChI=1S/C3H5B/c1-2-3-4/h2H2,1H3. The van der Waals surface area contributed by atoms with Crippen molar-refractivity contribution in [2.75, 3.05) is 0 Å². The van der Waals surface area contributed by atoms with E-state index in [4.69, 9.17) is 7.33 Å². The van der Waals surface area contributed by atoms with Crippen LogP contribution in [0.5, 0.6) is 0 Å². The molecule has 1 heteroatoms. The van der Waals surface area contributed by atoms with Crippen LogP contribution < -0.4 is 0 Å². The second-order valence-corrected chi connectivity index (χ2v) is 0.558. The monoisotopic (exact) mass is 52.0 g/mol. The van der Waals surface area contributed by atoms with Gasteiger partial charge in [-0.3, -0.25) is 0 Å². The Balaban J connectivity index is 2.43. The van der Waals surface area contributed by atoms with Gasteiger partial charge in [-0.25, -0.2) is 0 Å². The Morgan fingerprint density at radius 1 is 2.00 bits per heavy atom. The Bertz CT molecular complexity index is 33.0. The first kappa shape index (κ1) is 3.84. The van der Waals surface area contributed by atoms with Gasteiger partial charge in [0.1, 0.15) is 0 Å². The molecule has 0 amide bonds. The third-order valence-electron chi connectivity index (χ3n) is 0.204. The molecule has 0 N–H and O–H groups in total. The molecule has 0 fully saturated rings. The van der Waals surface area contributed by atoms with Gasteiger partial charge in [0, 0.05) is 0 Å². The van der Waals surface area contributed by atoms with Crippen LogP contribution in [0.3, 0.4) is 0 Å². The van der Waals surface area contributed by atoms with Crippen molar-refractivity contribution in [3.8, 4) is 5.80 Å². The molecular weight excluding hydrogens is 46.8 g/mol. The Morgan fingerprint density at radius 2 is 2.25 bits per heavy atom. The molecule has 0 aliphatic heterocycles. The zero-order valence-electron chi connectivity index (χ0n) is 2.78. The molecule has 0 rings (SSSR count). The fourth-order valence-electron chi connectivity index (χ4n) is 0. The predicted octanol–water partition coefficient (Wildman–Crippen LogP) is 0.524. The first-order valence-electron chi connectivity index (χ1n) is 1.35. The van der Waals surface area contributed by atoms with Gasteiger partial charge in [-0.1, -0.05) is 0 Å². The first-order chi connectivity index (χ1) is 1.91. The van der Waals surface area contributed by atoms with E-state index in [1.165, 1.54) is 0 Å². The van der Waals surface area contributed by atoms with Crippen LogP contribution in [0.1, 0.15) is 13.3 Å². The van der Waals surface area contributed by atoms with Gasteiger partial charge >= 0.3 is 26.5 Å². The summed E-state index contributed by atoms with van der Waals surface area (Å²) in [5, 5.41) is 0. The second kappa shape index (κ2) is 2.84. The fourth-order valence-corrected chi connectivity index (χ4v) is 0. The summed E-state index contributed by atoms with van der Waals surface area (Å²) in [6.45, 7) is 1.94. The van der Waals surface area contributed by atoms with Crippen LogP contribution in [0.25, 0.3) is 0 Å². The molecule has 0 atom stereocenters. The number of rotatable bonds is 0. The molecule has 0 aromatic heterocycles. The topological polar surface area (TPSA) is 0 Å². The molecule has 0 saturated carbocycles. The molecule has 4 heavy (non-hydrogen) atoms. The predicted molar refractivity (Wildman–Crippen MR) is 19.9 cm³/mol. The van der Waals surface area contributed by atoms with Gasteiger partial charge in [-0.15, -0.1) is 0 Å². The maximum atomic E-state index is 4.78. The third kappa shape index (κ3) is 1.84. The first-order valence-corrected chi connectivity index (χ1v) is 1.35. The summed E-state index contributed by atoms with van der Waals surface area (Å²) in [6.07, 6.45) is 0.847. The molecule has 0 spiro atoms. The number of hydrogen-bond acceptors (Lipinski definition) is 0. The summed E-state index contributed by atoms with van der Waals surface area (Å²) >= 11 is 0. The molecule has 0 aliphatic rings. The van der Waals surface area contributed by atoms with Gasteiger partial charge in [0.2, 0.25) is 0 Å². The van der Waals surface area contributed by atoms with Gasteiger partial charge in [-0.05, 0) is 0 Å². The Kier molecular flexibility index (Phi) is 2.73. The molecule has 20 valence electrons. The normalized spacial score (nSPS) is 5.75. The summed E-state index contributed by atoms with van der Waals surface area (Å²) in [5.41, 5.74) is 0. The van der Waals surface area contributed by atoms with Crippen LogP contribution in [-0.4, -0.2) is 7.33 Å². The molecule has 0 radical (unpaired) electrons. The van der Waals surface area contributed by atoms with Gasteiger partial charge in [0.15, 0.2) is 0 Å². The van der Waals surface area contributed by atoms with Crippen molar-refractivity contribution >= 4 is 7.33 Å². The molecule has 0 unspecified atom stereocenters. The van der Waals surface area contributed by atoms with Crippen LogP contribution in [0.4, 0.5) is 0 Å². The Labute approximate surface area is 27.6 Å². The van der Waals surface area contributed by atoms with E-state index in [1.54, 1.807) is 0 Å². The Morgan fingerprint density at radius 3 is 2.25 bits per heavy atom. The maximum absolute atomic E-state index is 4.78. The van der Waals surface area contributed by atoms with Crippen molar-refractivity contribution < 1.29 is 0 Å². The van der Waals surface area contributed by atoms with E-state index in [2.05, 4.69) is 5.80 Å². The van der Waals surface area contributed by atoms with Crippen LogP contribution in [0, 0.1) is 5.80 Å². The van der Waals surface area contributed by atoms with Crippen LogP contribution in [0.2, 0.25) is 0 Å². The second-order valence-electron chi connectivity index (χ2n) is 0.558. The molecule has 0 aliphatic carbocycles. The van der Waals surface area contributed by atoms with Crippen LogP contribution in [-0.2, 0) is 0 Å². The van der Waals surface area contributed by atoms with E-state index >= 15 is 0 Å². The molecular formula is C3H5B. The zero-order chi connectivity index (χ0) is 3.41. The van der Waals surface area contributed by atoms with E-state index in [9.17, 15) is 0 Å². The molecule has 0 saturated heterocycles. The SMILES string of the molecule is B#CCC. The van der Waals surface area contributed by atoms with Gasteiger partial charge in [0.25, 0.3) is 0 Å². The third-order valence-corrected chi connectivity index (χ3v) is 0.204. The van der Waals surface area contributed by atoms with E-state index in [-0.39, 0.29) is 0 Å². The summed E-state index contributed by atoms with van der Waals surface area (Å²) < 4.78 is 0. The van der Waals surface area contributed by atoms with Gasteiger partial charge < -0.3 is 0 Å². The van der Waals surface area contributed by atoms with Crippen molar-refractivity contribution in [1.82, 2.24) is 0 Å². The summed E-state index contributed by atoms with van der Waals surface area (Å²) in [7, 11) is 4.78. The van der Waals surface area contributed by atoms with Crippen molar-refractivity contribution in [3.63, 3.8) is 0 Å². The van der Waals surface area contributed by atoms with Crippen molar-refractivity contribution in [3.05, 3.63) is 0 Å². The fraction of sp³-hybridized carbons (Fsp3) is 0.667. The summed E-state index contributed by atoms with van der Waals surface area (Å²) in [6, 6.07) is 0. The molecule has 0 bridgehead atoms. The zero-order valence-corrected chi connectivity index (χ0v) is 2.78. The van der Waals surface area contributed by atoms with Gasteiger partial charge in [-0.2, -0.15) is 0 Å². The van der Waals surface area contributed by atoms with Gasteiger partial charge in [0.05, 0.1) is 0 Å². The van der Waals surface area contributed by atoms with Crippen LogP contribution in [0.15, 0.2) is 0 Å². The van der Waals surface area contributed by atoms with Crippen LogP contribution >= 0.6 is 0 Å². The van der Waals surface area contributed by atoms with Crippen molar-refractivity contribution in [2.45, 2.75) is 13.3 Å². The van der Waals surface area contributed by atoms with E-state index in [1.807, 2.05) is 6.92 Å². The summed E-state index contributed by atoms with van der Waals surface area (Å²) in [4.78, 5) is 0. The average molecular weight is 51.9 g/mol. The average Bonchev–Trinajstić information content (AvgIpc) is 1.37. The van der Waals surface area contributed by atoms with E-state index < -0.39 is 0 Å². The van der Waals surface area contributed by atoms with E-state index in [0.29, 0.717) is 0 Å². The molecule has 0 heterocycles. The quantitative estimate of drug-likeness (QED) is 0.352. The minimum absolute atomic E-state index is 0.847. The molecule has 0 aromatic carbocycles. The molecule has 0 nitrogen and oxygen atoms in total. The van der Waals surface area contributed by atoms with Crippen molar-refractivity contribution in [1.29, 1.82) is 0 Å². The number of hydrogen-bond donors (Lipinski definition) is 0.